The smallest absolute Gasteiger partial charge is 0.188 e. The number of hydrogen-bond donors (Lipinski definition) is 0. The fourth-order valence-electron chi connectivity index (χ4n) is 7.56. The first-order chi connectivity index (χ1) is 19.3. The van der Waals surface area contributed by atoms with Crippen molar-refractivity contribution < 1.29 is 19.2 Å². The Morgan fingerprint density at radius 2 is 0.925 bits per heavy atom. The molecule has 0 bridgehead atoms. The first-order valence-corrected chi connectivity index (χ1v) is 15.8. The Balaban J connectivity index is 1.19. The lowest BCUT2D eigenvalue weighted by atomic mass is 9.81. The van der Waals surface area contributed by atoms with Crippen LogP contribution in [0.2, 0.25) is 0 Å². The topological polar surface area (TPSA) is 103 Å². The predicted molar refractivity (Wildman–Crippen MR) is 158 cm³/mol. The minimum atomic E-state index is -0.188. The molecule has 4 aliphatic carbocycles. The number of aryl methyl sites for hydroxylation is 2. The van der Waals surface area contributed by atoms with E-state index in [1.165, 1.54) is 0 Å². The Labute approximate surface area is 237 Å². The molecule has 8 nitrogen and oxygen atoms in total. The highest BCUT2D eigenvalue weighted by molar-refractivity contribution is 7.36. The van der Waals surface area contributed by atoms with Gasteiger partial charge in [-0.3, -0.25) is 19.2 Å². The maximum absolute atomic E-state index is 13.0. The van der Waals surface area contributed by atoms with Gasteiger partial charge >= 0.3 is 0 Å². The Hall–Kier alpha value is -3.24. The van der Waals surface area contributed by atoms with Gasteiger partial charge in [0.25, 0.3) is 0 Å². The molecule has 4 aliphatic rings. The first-order valence-electron chi connectivity index (χ1n) is 14.2. The van der Waals surface area contributed by atoms with Crippen molar-refractivity contribution in [1.29, 1.82) is 0 Å². The molecule has 0 radical (unpaired) electrons. The van der Waals surface area contributed by atoms with Gasteiger partial charge < -0.3 is 9.13 Å². The van der Waals surface area contributed by atoms with E-state index < -0.39 is 0 Å². The van der Waals surface area contributed by atoms with E-state index in [4.69, 9.17) is 0 Å². The molecule has 0 spiro atoms. The van der Waals surface area contributed by atoms with Gasteiger partial charge in [0.2, 0.25) is 0 Å². The average molecular weight is 573 g/mol. The fraction of sp³-hybridized carbons (Fsp3) is 0.467. The molecular formula is C30H28N4O4S2. The Kier molecular flexibility index (Phi) is 5.30. The summed E-state index contributed by atoms with van der Waals surface area (Å²) in [6.07, 6.45) is 7.15. The predicted octanol–water partition coefficient (Wildman–Crippen LogP) is 6.01. The molecule has 204 valence electrons. The second-order valence-electron chi connectivity index (χ2n) is 11.8. The van der Waals surface area contributed by atoms with E-state index in [-0.39, 0.29) is 58.2 Å². The van der Waals surface area contributed by atoms with Crippen molar-refractivity contribution in [2.24, 2.45) is 47.8 Å². The van der Waals surface area contributed by atoms with Gasteiger partial charge in [-0.25, -0.2) is 9.98 Å². The molecule has 0 aromatic carbocycles. The Bertz CT molecular complexity index is 1710. The van der Waals surface area contributed by atoms with Crippen LogP contribution in [0.1, 0.15) is 51.4 Å². The van der Waals surface area contributed by atoms with Crippen molar-refractivity contribution in [3.8, 4) is 0 Å². The SMILES string of the molecule is Cn1c(N=C2C(=O)C3CCCCC3C2=O)cc2sc3c(sc4cc(N=C5C(=O)C6CCCCC6C5=O)n(C)c43)c21. The summed E-state index contributed by atoms with van der Waals surface area (Å²) < 4.78 is 8.28. The molecular weight excluding hydrogens is 544 g/mol. The zero-order valence-electron chi connectivity index (χ0n) is 22.4. The van der Waals surface area contributed by atoms with Gasteiger partial charge in [-0.15, -0.1) is 22.7 Å². The van der Waals surface area contributed by atoms with Gasteiger partial charge in [0.15, 0.2) is 34.6 Å². The Morgan fingerprint density at radius 1 is 0.600 bits per heavy atom. The van der Waals surface area contributed by atoms with Crippen LogP contribution in [0.4, 0.5) is 11.6 Å². The molecule has 0 aliphatic heterocycles. The number of carbonyl (C=O) groups excluding carboxylic acids is 4. The van der Waals surface area contributed by atoms with Crippen LogP contribution in [0.3, 0.4) is 0 Å². The maximum atomic E-state index is 13.0. The van der Waals surface area contributed by atoms with Gasteiger partial charge in [-0.2, -0.15) is 0 Å². The lowest BCUT2D eigenvalue weighted by Gasteiger charge is -2.20. The lowest BCUT2D eigenvalue weighted by Crippen LogP contribution is -2.21. The molecule has 10 heteroatoms. The number of rotatable bonds is 2. The van der Waals surface area contributed by atoms with Crippen LogP contribution in [0.25, 0.3) is 29.8 Å². The van der Waals surface area contributed by atoms with Crippen LogP contribution < -0.4 is 0 Å². The molecule has 4 aromatic rings. The third-order valence-corrected chi connectivity index (χ3v) is 12.1. The van der Waals surface area contributed by atoms with Gasteiger partial charge in [0.1, 0.15) is 11.6 Å². The van der Waals surface area contributed by atoms with E-state index in [2.05, 4.69) is 9.98 Å². The number of Topliss-reactive ketones (excluding diaryl/α,β-unsaturated/α-hetero) is 4. The molecule has 0 saturated heterocycles. The van der Waals surface area contributed by atoms with Gasteiger partial charge in [-0.1, -0.05) is 25.7 Å². The average Bonchev–Trinajstić information content (AvgIpc) is 3.74. The highest BCUT2D eigenvalue weighted by Gasteiger charge is 2.48. The van der Waals surface area contributed by atoms with Crippen LogP contribution >= 0.6 is 22.7 Å². The van der Waals surface area contributed by atoms with Crippen molar-refractivity contribution in [1.82, 2.24) is 9.13 Å². The molecule has 4 heterocycles. The van der Waals surface area contributed by atoms with E-state index in [1.54, 1.807) is 22.7 Å². The highest BCUT2D eigenvalue weighted by Crippen LogP contribution is 2.48. The van der Waals surface area contributed by atoms with Crippen LogP contribution in [0, 0.1) is 23.7 Å². The van der Waals surface area contributed by atoms with Crippen molar-refractivity contribution in [2.75, 3.05) is 0 Å². The van der Waals surface area contributed by atoms with E-state index in [0.29, 0.717) is 11.6 Å². The normalized spacial score (nSPS) is 27.1. The number of aliphatic imine (C=N–C) groups is 2. The van der Waals surface area contributed by atoms with Gasteiger partial charge in [0, 0.05) is 49.9 Å². The molecule has 4 saturated carbocycles. The molecule has 0 N–H and O–H groups in total. The zero-order valence-corrected chi connectivity index (χ0v) is 24.0. The van der Waals surface area contributed by atoms with Gasteiger partial charge in [0.05, 0.1) is 29.8 Å². The summed E-state index contributed by atoms with van der Waals surface area (Å²) in [5.41, 5.74) is 2.32. The summed E-state index contributed by atoms with van der Waals surface area (Å²) in [6, 6.07) is 3.94. The molecule has 4 aromatic heterocycles. The lowest BCUT2D eigenvalue weighted by molar-refractivity contribution is -0.120. The van der Waals surface area contributed by atoms with Crippen LogP contribution in [-0.4, -0.2) is 43.7 Å². The maximum Gasteiger partial charge on any atom is 0.188 e. The number of nitrogens with zero attached hydrogens (tertiary/aromatic N) is 4. The van der Waals surface area contributed by atoms with Crippen molar-refractivity contribution in [3.63, 3.8) is 0 Å². The minimum Gasteiger partial charge on any atom is -0.327 e. The van der Waals surface area contributed by atoms with E-state index in [0.717, 1.165) is 81.2 Å². The van der Waals surface area contributed by atoms with Crippen LogP contribution in [-0.2, 0) is 33.3 Å². The van der Waals surface area contributed by atoms with E-state index in [9.17, 15) is 19.2 Å². The third-order valence-electron chi connectivity index (χ3n) is 9.67. The molecule has 4 fully saturated rings. The van der Waals surface area contributed by atoms with E-state index >= 15 is 0 Å². The third kappa shape index (κ3) is 3.23. The largest absolute Gasteiger partial charge is 0.327 e. The van der Waals surface area contributed by atoms with Crippen molar-refractivity contribution >= 4 is 98.7 Å². The quantitative estimate of drug-likeness (QED) is 0.294. The number of fused-ring (bicyclic) bond motifs is 7. The number of thiophene rings is 2. The monoisotopic (exact) mass is 572 g/mol. The van der Waals surface area contributed by atoms with Gasteiger partial charge in [-0.05, 0) is 25.7 Å². The molecule has 4 unspecified atom stereocenters. The summed E-state index contributed by atoms with van der Waals surface area (Å²) in [4.78, 5) is 61.3. The number of aromatic nitrogens is 2. The standard InChI is InChI=1S/C30H28N4O4S2/c1-33-19(31-21-25(35)13-7-3-4-8-14(13)26(21)36)11-17-23(33)29-30(39-17)24-18(40-29)12-20(34(24)2)32-22-27(37)15-9-5-6-10-16(15)28(22)38/h11-16H,3-10H2,1-2H3. The summed E-state index contributed by atoms with van der Waals surface area (Å²) in [7, 11) is 3.87. The molecule has 40 heavy (non-hydrogen) atoms. The summed E-state index contributed by atoms with van der Waals surface area (Å²) in [5, 5.41) is 0. The van der Waals surface area contributed by atoms with Crippen molar-refractivity contribution in [3.05, 3.63) is 12.1 Å². The summed E-state index contributed by atoms with van der Waals surface area (Å²) in [5.74, 6) is 0.167. The second-order valence-corrected chi connectivity index (χ2v) is 13.9. The van der Waals surface area contributed by atoms with Crippen LogP contribution in [0.15, 0.2) is 22.1 Å². The van der Waals surface area contributed by atoms with Crippen molar-refractivity contribution in [2.45, 2.75) is 51.4 Å². The summed E-state index contributed by atoms with van der Waals surface area (Å²) >= 11 is 3.29. The number of hydrogen-bond acceptors (Lipinski definition) is 8. The molecule has 8 rings (SSSR count). The molecule has 4 atom stereocenters. The minimum absolute atomic E-state index is 0.0844. The fourth-order valence-corrected chi connectivity index (χ4v) is 10.4. The second kappa shape index (κ2) is 8.63. The number of ketones is 4. The summed E-state index contributed by atoms with van der Waals surface area (Å²) in [6.45, 7) is 0. The number of carbonyl (C=O) groups is 4. The molecule has 0 amide bonds. The van der Waals surface area contributed by atoms with E-state index in [1.807, 2.05) is 35.4 Å². The Morgan fingerprint density at radius 3 is 1.25 bits per heavy atom. The first kappa shape index (κ1) is 24.5. The van der Waals surface area contributed by atoms with Crippen LogP contribution in [0.5, 0.6) is 0 Å². The highest BCUT2D eigenvalue weighted by atomic mass is 32.1. The zero-order chi connectivity index (χ0) is 27.4.